The third-order valence-corrected chi connectivity index (χ3v) is 3.33. The number of aromatic carboxylic acids is 1. The molecule has 110 valence electrons. The zero-order chi connectivity index (χ0) is 15.2. The average Bonchev–Trinajstić information content (AvgIpc) is 2.48. The van der Waals surface area contributed by atoms with Gasteiger partial charge in [-0.3, -0.25) is 0 Å². The van der Waals surface area contributed by atoms with E-state index < -0.39 is 5.97 Å². The Morgan fingerprint density at radius 2 is 1.86 bits per heavy atom. The Morgan fingerprint density at radius 1 is 1.14 bits per heavy atom. The number of carboxylic acids is 1. The number of carboxylic acid groups (broad SMARTS) is 1. The maximum absolute atomic E-state index is 10.9. The number of benzene rings is 2. The molecular weight excluding hydrogens is 336 g/mol. The Morgan fingerprint density at radius 3 is 2.48 bits per heavy atom. The Hall–Kier alpha value is -2.01. The van der Waals surface area contributed by atoms with Crippen molar-refractivity contribution in [1.82, 2.24) is 0 Å². The first-order chi connectivity index (χ1) is 10.1. The molecule has 0 aromatic heterocycles. The van der Waals surface area contributed by atoms with Crippen LogP contribution in [0.3, 0.4) is 0 Å². The van der Waals surface area contributed by atoms with Crippen molar-refractivity contribution in [2.45, 2.75) is 13.3 Å². The monoisotopic (exact) mass is 350 g/mol. The van der Waals surface area contributed by atoms with Crippen LogP contribution in [0.15, 0.2) is 46.9 Å². The SMILES string of the molecule is CCCOc1ccccc1Oc1ccc(C(=O)O)cc1Br. The van der Waals surface area contributed by atoms with Gasteiger partial charge in [0.05, 0.1) is 16.6 Å². The average molecular weight is 351 g/mol. The predicted octanol–water partition coefficient (Wildman–Crippen LogP) is 4.73. The maximum atomic E-state index is 10.9. The molecule has 0 aliphatic heterocycles. The maximum Gasteiger partial charge on any atom is 0.335 e. The van der Waals surface area contributed by atoms with E-state index >= 15 is 0 Å². The normalized spacial score (nSPS) is 10.2. The van der Waals surface area contributed by atoms with Gasteiger partial charge in [0.1, 0.15) is 5.75 Å². The first kappa shape index (κ1) is 15.4. The van der Waals surface area contributed by atoms with Crippen LogP contribution in [0.2, 0.25) is 0 Å². The van der Waals surface area contributed by atoms with Crippen LogP contribution in [0.4, 0.5) is 0 Å². The molecule has 0 aliphatic carbocycles. The van der Waals surface area contributed by atoms with Gasteiger partial charge >= 0.3 is 5.97 Å². The van der Waals surface area contributed by atoms with Crippen molar-refractivity contribution < 1.29 is 19.4 Å². The number of halogens is 1. The number of hydrogen-bond acceptors (Lipinski definition) is 3. The number of rotatable bonds is 6. The summed E-state index contributed by atoms with van der Waals surface area (Å²) in [5, 5.41) is 8.95. The van der Waals surface area contributed by atoms with Crippen molar-refractivity contribution >= 4 is 21.9 Å². The summed E-state index contributed by atoms with van der Waals surface area (Å²) in [6.45, 7) is 2.64. The van der Waals surface area contributed by atoms with Gasteiger partial charge in [0.15, 0.2) is 11.5 Å². The van der Waals surface area contributed by atoms with Gasteiger partial charge in [-0.2, -0.15) is 0 Å². The van der Waals surface area contributed by atoms with Crippen molar-refractivity contribution in [3.8, 4) is 17.2 Å². The fraction of sp³-hybridized carbons (Fsp3) is 0.188. The molecule has 0 fully saturated rings. The molecule has 4 nitrogen and oxygen atoms in total. The second-order valence-corrected chi connectivity index (χ2v) is 5.20. The van der Waals surface area contributed by atoms with Crippen molar-refractivity contribution in [2.75, 3.05) is 6.61 Å². The van der Waals surface area contributed by atoms with Crippen molar-refractivity contribution in [2.24, 2.45) is 0 Å². The zero-order valence-corrected chi connectivity index (χ0v) is 13.1. The number of carbonyl (C=O) groups is 1. The third-order valence-electron chi connectivity index (χ3n) is 2.71. The highest BCUT2D eigenvalue weighted by Crippen LogP contribution is 2.35. The minimum Gasteiger partial charge on any atom is -0.490 e. The summed E-state index contributed by atoms with van der Waals surface area (Å²) < 4.78 is 12.0. The summed E-state index contributed by atoms with van der Waals surface area (Å²) in [5.74, 6) is 0.810. The molecule has 0 heterocycles. The van der Waals surface area contributed by atoms with Crippen LogP contribution in [-0.4, -0.2) is 17.7 Å². The molecule has 5 heteroatoms. The summed E-state index contributed by atoms with van der Waals surface area (Å²) in [5.41, 5.74) is 0.199. The lowest BCUT2D eigenvalue weighted by Gasteiger charge is -2.13. The Labute approximate surface area is 131 Å². The summed E-state index contributed by atoms with van der Waals surface area (Å²) >= 11 is 3.32. The highest BCUT2D eigenvalue weighted by Gasteiger charge is 2.11. The largest absolute Gasteiger partial charge is 0.490 e. The lowest BCUT2D eigenvalue weighted by molar-refractivity contribution is 0.0697. The second kappa shape index (κ2) is 7.13. The minimum atomic E-state index is -0.978. The summed E-state index contributed by atoms with van der Waals surface area (Å²) in [7, 11) is 0. The smallest absolute Gasteiger partial charge is 0.335 e. The van der Waals surface area contributed by atoms with Gasteiger partial charge in [-0.25, -0.2) is 4.79 Å². The Bertz CT molecular complexity index is 640. The summed E-state index contributed by atoms with van der Waals surface area (Å²) in [4.78, 5) is 10.9. The van der Waals surface area contributed by atoms with E-state index in [9.17, 15) is 4.79 Å². The predicted molar refractivity (Wildman–Crippen MR) is 83.4 cm³/mol. The summed E-state index contributed by atoms with van der Waals surface area (Å²) in [6.07, 6.45) is 0.908. The highest BCUT2D eigenvalue weighted by molar-refractivity contribution is 9.10. The molecule has 0 saturated heterocycles. The van der Waals surface area contributed by atoms with Gasteiger partial charge in [0, 0.05) is 0 Å². The van der Waals surface area contributed by atoms with Gasteiger partial charge < -0.3 is 14.6 Å². The van der Waals surface area contributed by atoms with Crippen LogP contribution in [0, 0.1) is 0 Å². The van der Waals surface area contributed by atoms with Gasteiger partial charge in [-0.1, -0.05) is 19.1 Å². The highest BCUT2D eigenvalue weighted by atomic mass is 79.9. The number of para-hydroxylation sites is 2. The van der Waals surface area contributed by atoms with E-state index in [2.05, 4.69) is 15.9 Å². The fourth-order valence-corrected chi connectivity index (χ4v) is 2.16. The van der Waals surface area contributed by atoms with Crippen LogP contribution in [-0.2, 0) is 0 Å². The van der Waals surface area contributed by atoms with E-state index in [0.29, 0.717) is 28.3 Å². The van der Waals surface area contributed by atoms with E-state index in [1.165, 1.54) is 12.1 Å². The van der Waals surface area contributed by atoms with Crippen LogP contribution < -0.4 is 9.47 Å². The molecule has 0 spiro atoms. The van der Waals surface area contributed by atoms with E-state index in [4.69, 9.17) is 14.6 Å². The minimum absolute atomic E-state index is 0.199. The molecular formula is C16H15BrO4. The zero-order valence-electron chi connectivity index (χ0n) is 11.5. The molecule has 2 aromatic rings. The van der Waals surface area contributed by atoms with Crippen LogP contribution in [0.1, 0.15) is 23.7 Å². The van der Waals surface area contributed by atoms with E-state index in [1.54, 1.807) is 6.07 Å². The molecule has 2 rings (SSSR count). The molecule has 0 unspecified atom stereocenters. The first-order valence-electron chi connectivity index (χ1n) is 6.54. The Kier molecular flexibility index (Phi) is 5.22. The lowest BCUT2D eigenvalue weighted by Crippen LogP contribution is -1.98. The molecule has 0 radical (unpaired) electrons. The quantitative estimate of drug-likeness (QED) is 0.818. The lowest BCUT2D eigenvalue weighted by atomic mass is 10.2. The molecule has 0 atom stereocenters. The number of ether oxygens (including phenoxy) is 2. The van der Waals surface area contributed by atoms with Crippen molar-refractivity contribution in [1.29, 1.82) is 0 Å². The fourth-order valence-electron chi connectivity index (χ4n) is 1.70. The van der Waals surface area contributed by atoms with Crippen molar-refractivity contribution in [3.63, 3.8) is 0 Å². The Balaban J connectivity index is 2.24. The third kappa shape index (κ3) is 3.98. The molecule has 21 heavy (non-hydrogen) atoms. The molecule has 0 aliphatic rings. The van der Waals surface area contributed by atoms with Crippen LogP contribution >= 0.6 is 15.9 Å². The topological polar surface area (TPSA) is 55.8 Å². The van der Waals surface area contributed by atoms with Gasteiger partial charge in [0.2, 0.25) is 0 Å². The van der Waals surface area contributed by atoms with Gasteiger partial charge in [0.25, 0.3) is 0 Å². The van der Waals surface area contributed by atoms with Gasteiger partial charge in [-0.15, -0.1) is 0 Å². The first-order valence-corrected chi connectivity index (χ1v) is 7.33. The van der Waals surface area contributed by atoms with E-state index in [-0.39, 0.29) is 5.56 Å². The van der Waals surface area contributed by atoms with Crippen LogP contribution in [0.5, 0.6) is 17.2 Å². The van der Waals surface area contributed by atoms with Crippen LogP contribution in [0.25, 0.3) is 0 Å². The van der Waals surface area contributed by atoms with Crippen molar-refractivity contribution in [3.05, 3.63) is 52.5 Å². The molecule has 0 saturated carbocycles. The van der Waals surface area contributed by atoms with Gasteiger partial charge in [-0.05, 0) is 52.7 Å². The molecule has 0 amide bonds. The molecule has 0 bridgehead atoms. The standard InChI is InChI=1S/C16H15BrO4/c1-2-9-20-14-5-3-4-6-15(14)21-13-8-7-11(16(18)19)10-12(13)17/h3-8,10H,2,9H2,1H3,(H,18,19). The summed E-state index contributed by atoms with van der Waals surface area (Å²) in [6, 6.07) is 12.0. The van der Waals surface area contributed by atoms with E-state index in [0.717, 1.165) is 6.42 Å². The second-order valence-electron chi connectivity index (χ2n) is 4.35. The molecule has 1 N–H and O–H groups in total. The van der Waals surface area contributed by atoms with E-state index in [1.807, 2.05) is 31.2 Å². The number of hydrogen-bond donors (Lipinski definition) is 1. The molecule has 2 aromatic carbocycles.